The third kappa shape index (κ3) is 4.83. The summed E-state index contributed by atoms with van der Waals surface area (Å²) < 4.78 is 47.2. The van der Waals surface area contributed by atoms with Crippen molar-refractivity contribution >= 4 is 16.8 Å². The topological polar surface area (TPSA) is 25.5 Å². The Morgan fingerprint density at radius 3 is 2.11 bits per heavy atom. The summed E-state index contributed by atoms with van der Waals surface area (Å²) in [6.45, 7) is 9.54. The predicted octanol–water partition coefficient (Wildman–Crippen LogP) is 8.02. The Balaban J connectivity index is 1.75. The van der Waals surface area contributed by atoms with E-state index in [2.05, 4.69) is 28.9 Å². The quantitative estimate of drug-likeness (QED) is 0.208. The Morgan fingerprint density at radius 1 is 0.842 bits per heavy atom. The number of rotatable bonds is 8. The fourth-order valence-corrected chi connectivity index (χ4v) is 5.56. The van der Waals surface area contributed by atoms with Gasteiger partial charge in [-0.15, -0.1) is 0 Å². The summed E-state index contributed by atoms with van der Waals surface area (Å²) in [6.07, 6.45) is -2.71. The van der Waals surface area contributed by atoms with E-state index in [1.165, 1.54) is 0 Å². The predicted molar refractivity (Wildman–Crippen MR) is 147 cm³/mol. The lowest BCUT2D eigenvalue weighted by Crippen LogP contribution is -2.26. The van der Waals surface area contributed by atoms with Crippen LogP contribution >= 0.6 is 0 Å². The van der Waals surface area contributed by atoms with Gasteiger partial charge in [0.2, 0.25) is 5.78 Å². The number of aromatic nitrogens is 3. The molecule has 7 heteroatoms. The maximum Gasteiger partial charge on any atom is 0.435 e. The Hall–Kier alpha value is -3.58. The number of benzene rings is 3. The van der Waals surface area contributed by atoms with Crippen molar-refractivity contribution in [3.63, 3.8) is 0 Å². The molecular weight excluding hydrogens is 485 g/mol. The van der Waals surface area contributed by atoms with Gasteiger partial charge in [-0.2, -0.15) is 13.2 Å². The molecule has 0 spiro atoms. The molecule has 0 aliphatic carbocycles. The number of hydrogen-bond acceptors (Lipinski definition) is 2. The fourth-order valence-electron chi connectivity index (χ4n) is 5.56. The fraction of sp³-hybridized carbons (Fsp3) is 0.323. The van der Waals surface area contributed by atoms with E-state index in [-0.39, 0.29) is 12.2 Å². The van der Waals surface area contributed by atoms with E-state index < -0.39 is 11.9 Å². The van der Waals surface area contributed by atoms with Gasteiger partial charge < -0.3 is 0 Å². The first-order valence-corrected chi connectivity index (χ1v) is 13.1. The van der Waals surface area contributed by atoms with Crippen molar-refractivity contribution in [3.8, 4) is 5.69 Å². The highest BCUT2D eigenvalue weighted by molar-refractivity contribution is 5.85. The van der Waals surface area contributed by atoms with Gasteiger partial charge in [0.1, 0.15) is 0 Å². The average Bonchev–Trinajstić information content (AvgIpc) is 3.38. The largest absolute Gasteiger partial charge is 0.435 e. The van der Waals surface area contributed by atoms with Crippen LogP contribution in [-0.2, 0) is 19.3 Å². The molecule has 2 heterocycles. The summed E-state index contributed by atoms with van der Waals surface area (Å²) in [5, 5.41) is 0. The summed E-state index contributed by atoms with van der Waals surface area (Å²) in [5.74, 6) is 0.290. The highest BCUT2D eigenvalue weighted by atomic mass is 19.4. The summed E-state index contributed by atoms with van der Waals surface area (Å²) in [7, 11) is 0. The van der Waals surface area contributed by atoms with E-state index in [0.29, 0.717) is 18.9 Å². The number of alkyl halides is 3. The van der Waals surface area contributed by atoms with E-state index in [1.807, 2.05) is 79.9 Å². The highest BCUT2D eigenvalue weighted by Crippen LogP contribution is 2.37. The van der Waals surface area contributed by atoms with E-state index >= 15 is 0 Å². The normalized spacial score (nSPS) is 12.3. The molecule has 38 heavy (non-hydrogen) atoms. The third-order valence-electron chi connectivity index (χ3n) is 7.10. The number of hydrogen-bond donors (Lipinski definition) is 0. The minimum Gasteiger partial charge on any atom is -0.293 e. The zero-order chi connectivity index (χ0) is 27.0. The highest BCUT2D eigenvalue weighted by Gasteiger charge is 2.39. The number of fused-ring (bicyclic) bond motifs is 3. The van der Waals surface area contributed by atoms with Crippen molar-refractivity contribution in [2.24, 2.45) is 0 Å². The minimum absolute atomic E-state index is 0.144. The second-order valence-electron chi connectivity index (χ2n) is 10.2. The van der Waals surface area contributed by atoms with Crippen molar-refractivity contribution in [2.45, 2.75) is 59.8 Å². The van der Waals surface area contributed by atoms with E-state index in [9.17, 15) is 13.2 Å². The molecule has 3 aromatic carbocycles. The molecule has 0 saturated heterocycles. The SMILES string of the molecule is CCCCN(Cc1ccccc1)Cc1c(C(F)(F)F)nc2n(-c3c(C)cc(C)cc3C)c3ccccc3n12. The second-order valence-corrected chi connectivity index (χ2v) is 10.2. The average molecular weight is 519 g/mol. The number of imidazole rings is 2. The van der Waals surface area contributed by atoms with Gasteiger partial charge in [-0.3, -0.25) is 13.9 Å². The van der Waals surface area contributed by atoms with Crippen molar-refractivity contribution in [1.29, 1.82) is 0 Å². The second kappa shape index (κ2) is 10.3. The first-order valence-electron chi connectivity index (χ1n) is 13.1. The Morgan fingerprint density at radius 2 is 1.47 bits per heavy atom. The van der Waals surface area contributed by atoms with Crippen molar-refractivity contribution in [3.05, 3.63) is 100 Å². The molecule has 0 aliphatic rings. The molecule has 0 radical (unpaired) electrons. The molecule has 0 atom stereocenters. The molecule has 0 aliphatic heterocycles. The van der Waals surface area contributed by atoms with Crippen LogP contribution in [0.15, 0.2) is 66.7 Å². The van der Waals surface area contributed by atoms with Crippen molar-refractivity contribution in [1.82, 2.24) is 18.9 Å². The van der Waals surface area contributed by atoms with E-state index in [4.69, 9.17) is 0 Å². The summed E-state index contributed by atoms with van der Waals surface area (Å²) in [4.78, 5) is 6.42. The van der Waals surface area contributed by atoms with Crippen LogP contribution in [0.2, 0.25) is 0 Å². The maximum atomic E-state index is 14.5. The molecule has 0 saturated carbocycles. The van der Waals surface area contributed by atoms with Crippen LogP contribution in [0.1, 0.15) is 53.4 Å². The molecule has 5 aromatic rings. The lowest BCUT2D eigenvalue weighted by molar-refractivity contribution is -0.141. The van der Waals surface area contributed by atoms with Gasteiger partial charge in [-0.25, -0.2) is 4.98 Å². The van der Waals surface area contributed by atoms with Gasteiger partial charge in [-0.1, -0.05) is 73.5 Å². The molecule has 0 amide bonds. The molecular formula is C31H33F3N4. The molecule has 5 rings (SSSR count). The zero-order valence-corrected chi connectivity index (χ0v) is 22.3. The lowest BCUT2D eigenvalue weighted by atomic mass is 10.0. The lowest BCUT2D eigenvalue weighted by Gasteiger charge is -2.23. The van der Waals surface area contributed by atoms with Crippen LogP contribution < -0.4 is 0 Å². The third-order valence-corrected chi connectivity index (χ3v) is 7.10. The van der Waals surface area contributed by atoms with Crippen LogP contribution in [-0.4, -0.2) is 25.4 Å². The van der Waals surface area contributed by atoms with Gasteiger partial charge in [-0.05, 0) is 62.6 Å². The van der Waals surface area contributed by atoms with Gasteiger partial charge in [0.05, 0.1) is 22.4 Å². The minimum atomic E-state index is -4.58. The standard InChI is InChI=1S/C31H33F3N4/c1-5-6-16-36(19-24-12-8-7-9-13-24)20-27-29(31(32,33)34)35-30-37(27)25-14-10-11-15-26(25)38(30)28-22(3)17-21(2)18-23(28)4/h7-15,17-18H,5-6,16,19-20H2,1-4H3. The number of nitrogens with zero attached hydrogens (tertiary/aromatic N) is 4. The molecule has 4 nitrogen and oxygen atoms in total. The van der Waals surface area contributed by atoms with Crippen LogP contribution in [0.5, 0.6) is 0 Å². The molecule has 198 valence electrons. The number of aryl methyl sites for hydroxylation is 3. The van der Waals surface area contributed by atoms with Gasteiger partial charge >= 0.3 is 6.18 Å². The first-order chi connectivity index (χ1) is 18.2. The van der Waals surface area contributed by atoms with Gasteiger partial charge in [0, 0.05) is 13.1 Å². The zero-order valence-electron chi connectivity index (χ0n) is 22.3. The summed E-state index contributed by atoms with van der Waals surface area (Å²) in [6, 6.07) is 21.7. The number of para-hydroxylation sites is 2. The molecule has 0 bridgehead atoms. The summed E-state index contributed by atoms with van der Waals surface area (Å²) in [5.41, 5.74) is 5.98. The van der Waals surface area contributed by atoms with Gasteiger partial charge in [0.15, 0.2) is 5.69 Å². The van der Waals surface area contributed by atoms with Crippen LogP contribution in [0.25, 0.3) is 22.5 Å². The Bertz CT molecular complexity index is 1560. The smallest absolute Gasteiger partial charge is 0.293 e. The van der Waals surface area contributed by atoms with E-state index in [1.54, 1.807) is 4.40 Å². The maximum absolute atomic E-state index is 14.5. The van der Waals surface area contributed by atoms with Crippen LogP contribution in [0, 0.1) is 20.8 Å². The summed E-state index contributed by atoms with van der Waals surface area (Å²) >= 11 is 0. The molecule has 0 fully saturated rings. The Labute approximate surface area is 221 Å². The molecule has 2 aromatic heterocycles. The Kier molecular flexibility index (Phi) is 7.05. The number of unbranched alkanes of at least 4 members (excludes halogenated alkanes) is 1. The van der Waals surface area contributed by atoms with Crippen molar-refractivity contribution in [2.75, 3.05) is 6.54 Å². The van der Waals surface area contributed by atoms with Gasteiger partial charge in [0.25, 0.3) is 0 Å². The molecule has 0 unspecified atom stereocenters. The van der Waals surface area contributed by atoms with Crippen molar-refractivity contribution < 1.29 is 13.2 Å². The van der Waals surface area contributed by atoms with E-state index in [0.717, 1.165) is 51.8 Å². The number of halogens is 3. The first kappa shape index (κ1) is 26.0. The van der Waals surface area contributed by atoms with Crippen LogP contribution in [0.4, 0.5) is 13.2 Å². The van der Waals surface area contributed by atoms with Crippen LogP contribution in [0.3, 0.4) is 0 Å². The molecule has 0 N–H and O–H groups in total. The monoisotopic (exact) mass is 518 g/mol.